The predicted octanol–water partition coefficient (Wildman–Crippen LogP) is 3.23. The highest BCUT2D eigenvalue weighted by atomic mass is 79.9. The molecule has 20 heavy (non-hydrogen) atoms. The van der Waals surface area contributed by atoms with Gasteiger partial charge in [0.05, 0.1) is 17.3 Å². The first kappa shape index (κ1) is 14.4. The maximum atomic E-state index is 12.1. The van der Waals surface area contributed by atoms with E-state index in [4.69, 9.17) is 5.73 Å². The van der Waals surface area contributed by atoms with Crippen molar-refractivity contribution in [3.63, 3.8) is 0 Å². The van der Waals surface area contributed by atoms with Crippen molar-refractivity contribution in [3.05, 3.63) is 58.1 Å². The molecule has 0 aliphatic carbocycles. The molecule has 0 unspecified atom stereocenters. The number of hydrogen-bond acceptors (Lipinski definition) is 3. The lowest BCUT2D eigenvalue weighted by molar-refractivity contribution is 0.0937. The van der Waals surface area contributed by atoms with E-state index in [-0.39, 0.29) is 28.9 Å². The fourth-order valence-electron chi connectivity index (χ4n) is 1.85. The number of phenolic OH excluding ortho intramolecular Hbond substituents is 1. The van der Waals surface area contributed by atoms with E-state index in [1.807, 2.05) is 31.2 Å². The van der Waals surface area contributed by atoms with E-state index >= 15 is 0 Å². The molecule has 104 valence electrons. The first-order chi connectivity index (χ1) is 9.49. The fraction of sp³-hybridized carbons (Fsp3) is 0.133. The maximum absolute atomic E-state index is 12.1. The molecular weight excluding hydrogens is 320 g/mol. The molecule has 4 nitrogen and oxygen atoms in total. The van der Waals surface area contributed by atoms with Crippen LogP contribution in [0.2, 0.25) is 0 Å². The van der Waals surface area contributed by atoms with Crippen molar-refractivity contribution in [3.8, 4) is 5.75 Å². The number of phenols is 1. The second kappa shape index (κ2) is 5.96. The van der Waals surface area contributed by atoms with E-state index < -0.39 is 0 Å². The highest BCUT2D eigenvalue weighted by Gasteiger charge is 2.15. The van der Waals surface area contributed by atoms with Gasteiger partial charge in [0.15, 0.2) is 5.75 Å². The normalized spacial score (nSPS) is 11.9. The van der Waals surface area contributed by atoms with Crippen LogP contribution in [-0.2, 0) is 0 Å². The lowest BCUT2D eigenvalue weighted by atomic mass is 10.1. The van der Waals surface area contributed by atoms with Gasteiger partial charge in [0.25, 0.3) is 5.91 Å². The van der Waals surface area contributed by atoms with Gasteiger partial charge in [0, 0.05) is 4.47 Å². The van der Waals surface area contributed by atoms with Crippen LogP contribution in [0.25, 0.3) is 0 Å². The first-order valence-electron chi connectivity index (χ1n) is 6.13. The van der Waals surface area contributed by atoms with Crippen molar-refractivity contribution in [2.24, 2.45) is 0 Å². The monoisotopic (exact) mass is 334 g/mol. The van der Waals surface area contributed by atoms with Crippen molar-refractivity contribution >= 4 is 27.5 Å². The van der Waals surface area contributed by atoms with Crippen LogP contribution in [-0.4, -0.2) is 11.0 Å². The Balaban J connectivity index is 2.15. The molecule has 4 N–H and O–H groups in total. The zero-order valence-electron chi connectivity index (χ0n) is 10.9. The number of aromatic hydroxyl groups is 1. The SMILES string of the molecule is C[C@H](NC(=O)c1cccc(N)c1O)c1ccc(Br)cc1. The molecule has 0 aromatic heterocycles. The van der Waals surface area contributed by atoms with Gasteiger partial charge in [0.2, 0.25) is 0 Å². The summed E-state index contributed by atoms with van der Waals surface area (Å²) in [5.41, 5.74) is 6.92. The number of benzene rings is 2. The minimum absolute atomic E-state index is 0.170. The Bertz CT molecular complexity index is 626. The van der Waals surface area contributed by atoms with E-state index in [2.05, 4.69) is 21.2 Å². The second-order valence-electron chi connectivity index (χ2n) is 4.49. The number of hydrogen-bond donors (Lipinski definition) is 3. The van der Waals surface area contributed by atoms with Gasteiger partial charge in [-0.15, -0.1) is 0 Å². The molecule has 0 aliphatic heterocycles. The molecule has 2 aromatic rings. The summed E-state index contributed by atoms with van der Waals surface area (Å²) in [5.74, 6) is -0.543. The van der Waals surface area contributed by atoms with Crippen LogP contribution in [0.3, 0.4) is 0 Å². The van der Waals surface area contributed by atoms with Gasteiger partial charge in [-0.2, -0.15) is 0 Å². The van der Waals surface area contributed by atoms with Gasteiger partial charge < -0.3 is 16.2 Å². The van der Waals surface area contributed by atoms with Gasteiger partial charge in [-0.05, 0) is 36.8 Å². The molecule has 5 heteroatoms. The zero-order chi connectivity index (χ0) is 14.7. The lowest BCUT2D eigenvalue weighted by Gasteiger charge is -2.15. The highest BCUT2D eigenvalue weighted by molar-refractivity contribution is 9.10. The molecule has 0 radical (unpaired) electrons. The summed E-state index contributed by atoms with van der Waals surface area (Å²) < 4.78 is 0.980. The summed E-state index contributed by atoms with van der Waals surface area (Å²) >= 11 is 3.37. The second-order valence-corrected chi connectivity index (χ2v) is 5.41. The molecule has 0 aliphatic rings. The van der Waals surface area contributed by atoms with Gasteiger partial charge in [-0.1, -0.05) is 34.1 Å². The number of carbonyl (C=O) groups excluding carboxylic acids is 1. The molecule has 0 fully saturated rings. The summed E-state index contributed by atoms with van der Waals surface area (Å²) in [7, 11) is 0. The van der Waals surface area contributed by atoms with Crippen molar-refractivity contribution in [2.75, 3.05) is 5.73 Å². The van der Waals surface area contributed by atoms with E-state index in [1.165, 1.54) is 6.07 Å². The Morgan fingerprint density at radius 1 is 1.25 bits per heavy atom. The Labute approximate surface area is 125 Å². The van der Waals surface area contributed by atoms with Gasteiger partial charge >= 0.3 is 0 Å². The molecule has 2 aromatic carbocycles. The Hall–Kier alpha value is -2.01. The molecule has 0 heterocycles. The quantitative estimate of drug-likeness (QED) is 0.595. The summed E-state index contributed by atoms with van der Waals surface area (Å²) in [5, 5.41) is 12.6. The third kappa shape index (κ3) is 3.11. The van der Waals surface area contributed by atoms with Crippen LogP contribution >= 0.6 is 15.9 Å². The summed E-state index contributed by atoms with van der Waals surface area (Å²) in [6, 6.07) is 12.2. The highest BCUT2D eigenvalue weighted by Crippen LogP contribution is 2.25. The van der Waals surface area contributed by atoms with Crippen LogP contribution in [0.5, 0.6) is 5.75 Å². The van der Waals surface area contributed by atoms with Crippen LogP contribution < -0.4 is 11.1 Å². The fourth-order valence-corrected chi connectivity index (χ4v) is 2.12. The number of halogens is 1. The van der Waals surface area contributed by atoms with E-state index in [0.29, 0.717) is 0 Å². The summed E-state index contributed by atoms with van der Waals surface area (Å²) in [4.78, 5) is 12.1. The Morgan fingerprint density at radius 3 is 2.55 bits per heavy atom. The van der Waals surface area contributed by atoms with E-state index in [9.17, 15) is 9.90 Å². The Kier molecular flexibility index (Phi) is 4.29. The van der Waals surface area contributed by atoms with Gasteiger partial charge in [-0.3, -0.25) is 4.79 Å². The molecule has 0 saturated heterocycles. The van der Waals surface area contributed by atoms with E-state index in [1.54, 1.807) is 12.1 Å². The topological polar surface area (TPSA) is 75.4 Å². The number of rotatable bonds is 3. The first-order valence-corrected chi connectivity index (χ1v) is 6.92. The minimum Gasteiger partial charge on any atom is -0.505 e. The van der Waals surface area contributed by atoms with E-state index in [0.717, 1.165) is 10.0 Å². The number of nitrogen functional groups attached to an aromatic ring is 1. The van der Waals surface area contributed by atoms with Gasteiger partial charge in [-0.25, -0.2) is 0 Å². The summed E-state index contributed by atoms with van der Waals surface area (Å²) in [6.45, 7) is 1.88. The van der Waals surface area contributed by atoms with Crippen LogP contribution in [0, 0.1) is 0 Å². The molecule has 0 bridgehead atoms. The van der Waals surface area contributed by atoms with Crippen LogP contribution in [0.4, 0.5) is 5.69 Å². The third-order valence-electron chi connectivity index (χ3n) is 3.03. The number of nitrogens with one attached hydrogen (secondary N) is 1. The molecule has 1 atom stereocenters. The smallest absolute Gasteiger partial charge is 0.255 e. The molecular formula is C15H15BrN2O2. The van der Waals surface area contributed by atoms with Crippen molar-refractivity contribution in [1.29, 1.82) is 0 Å². The zero-order valence-corrected chi connectivity index (χ0v) is 12.5. The average molecular weight is 335 g/mol. The van der Waals surface area contributed by atoms with Crippen LogP contribution in [0.15, 0.2) is 46.9 Å². The summed E-state index contributed by atoms with van der Waals surface area (Å²) in [6.07, 6.45) is 0. The molecule has 0 spiro atoms. The molecule has 0 saturated carbocycles. The largest absolute Gasteiger partial charge is 0.505 e. The molecule has 1 amide bonds. The third-order valence-corrected chi connectivity index (χ3v) is 3.56. The Morgan fingerprint density at radius 2 is 1.90 bits per heavy atom. The predicted molar refractivity (Wildman–Crippen MR) is 82.5 cm³/mol. The number of amides is 1. The lowest BCUT2D eigenvalue weighted by Crippen LogP contribution is -2.26. The minimum atomic E-state index is -0.356. The standard InChI is InChI=1S/C15H15BrN2O2/c1-9(10-5-7-11(16)8-6-10)18-15(20)12-3-2-4-13(17)14(12)19/h2-9,19H,17H2,1H3,(H,18,20)/t9-/m0/s1. The number of anilines is 1. The number of nitrogens with two attached hydrogens (primary N) is 1. The van der Waals surface area contributed by atoms with Crippen molar-refractivity contribution in [2.45, 2.75) is 13.0 Å². The van der Waals surface area contributed by atoms with Crippen LogP contribution in [0.1, 0.15) is 28.9 Å². The molecule has 2 rings (SSSR count). The number of carbonyl (C=O) groups is 1. The van der Waals surface area contributed by atoms with Gasteiger partial charge in [0.1, 0.15) is 0 Å². The maximum Gasteiger partial charge on any atom is 0.255 e. The van der Waals surface area contributed by atoms with Crippen molar-refractivity contribution < 1.29 is 9.90 Å². The number of para-hydroxylation sites is 1. The van der Waals surface area contributed by atoms with Crippen molar-refractivity contribution in [1.82, 2.24) is 5.32 Å². The average Bonchev–Trinajstić information content (AvgIpc) is 2.42.